The van der Waals surface area contributed by atoms with Crippen molar-refractivity contribution in [3.63, 3.8) is 0 Å². The van der Waals surface area contributed by atoms with Crippen molar-refractivity contribution in [1.82, 2.24) is 5.32 Å². The predicted octanol–water partition coefficient (Wildman–Crippen LogP) is 7.28. The molecule has 0 aliphatic carbocycles. The van der Waals surface area contributed by atoms with Gasteiger partial charge in [-0.1, -0.05) is 113 Å². The summed E-state index contributed by atoms with van der Waals surface area (Å²) in [5.41, 5.74) is 1.67. The Morgan fingerprint density at radius 1 is 0.843 bits per heavy atom. The van der Waals surface area contributed by atoms with Gasteiger partial charge < -0.3 is 19.9 Å². The highest BCUT2D eigenvalue weighted by atomic mass is 79.9. The molecule has 1 aliphatic heterocycles. The molecule has 0 fully saturated rings. The zero-order valence-corrected chi connectivity index (χ0v) is 30.3. The van der Waals surface area contributed by atoms with Gasteiger partial charge in [-0.2, -0.15) is 0 Å². The van der Waals surface area contributed by atoms with Crippen molar-refractivity contribution in [2.24, 2.45) is 4.99 Å². The van der Waals surface area contributed by atoms with Crippen LogP contribution in [0, 0.1) is 0 Å². The molecular formula is C41H39BrN2O6S. The van der Waals surface area contributed by atoms with Crippen molar-refractivity contribution in [2.45, 2.75) is 35.3 Å². The summed E-state index contributed by atoms with van der Waals surface area (Å²) in [7, 11) is -3.80. The second-order valence-electron chi connectivity index (χ2n) is 12.3. The lowest BCUT2D eigenvalue weighted by Crippen LogP contribution is -2.50. The number of nitrogens with one attached hydrogen (secondary N) is 1. The van der Waals surface area contributed by atoms with Gasteiger partial charge in [0.15, 0.2) is 21.5 Å². The molecule has 0 radical (unpaired) electrons. The molecule has 0 bridgehead atoms. The van der Waals surface area contributed by atoms with E-state index in [0.717, 1.165) is 11.1 Å². The number of ether oxygens (including phenoxy) is 2. The lowest BCUT2D eigenvalue weighted by Gasteiger charge is -2.32. The normalized spacial score (nSPS) is 17.1. The van der Waals surface area contributed by atoms with E-state index in [4.69, 9.17) is 19.6 Å². The largest absolute Gasteiger partial charge is 0.494 e. The highest BCUT2D eigenvalue weighted by Gasteiger charge is 2.54. The van der Waals surface area contributed by atoms with Crippen LogP contribution in [0.25, 0.3) is 0 Å². The van der Waals surface area contributed by atoms with Crippen LogP contribution < -0.4 is 10.1 Å². The summed E-state index contributed by atoms with van der Waals surface area (Å²) in [6, 6.07) is 42.7. The first-order valence-corrected chi connectivity index (χ1v) is 19.3. The maximum atomic E-state index is 14.9. The van der Waals surface area contributed by atoms with E-state index in [0.29, 0.717) is 34.4 Å². The average Bonchev–Trinajstić information content (AvgIpc) is 3.56. The molecule has 0 unspecified atom stereocenters. The van der Waals surface area contributed by atoms with Crippen molar-refractivity contribution < 1.29 is 27.8 Å². The number of hydrogen-bond donors (Lipinski definition) is 2. The molecule has 2 N–H and O–H groups in total. The van der Waals surface area contributed by atoms with Gasteiger partial charge in [0.05, 0.1) is 17.3 Å². The lowest BCUT2D eigenvalue weighted by molar-refractivity contribution is -0.129. The Bertz CT molecular complexity index is 2010. The smallest absolute Gasteiger partial charge is 0.252 e. The molecule has 0 spiro atoms. The maximum Gasteiger partial charge on any atom is 0.252 e. The SMILES string of the molecule is O=C(NCC(c1ccccc1)c1ccccc1)[C@]1(CCS(=O)(=O)c2ccccc2)N=C(c2ccc(OCCCO)cc2)O[C@@H]1c1ccccc1Br. The van der Waals surface area contributed by atoms with Gasteiger partial charge in [-0.3, -0.25) is 4.79 Å². The van der Waals surface area contributed by atoms with Gasteiger partial charge in [0.25, 0.3) is 5.91 Å². The number of sulfone groups is 1. The van der Waals surface area contributed by atoms with Gasteiger partial charge in [-0.05, 0) is 53.6 Å². The quantitative estimate of drug-likeness (QED) is 0.108. The van der Waals surface area contributed by atoms with Crippen LogP contribution in [0.1, 0.15) is 47.1 Å². The highest BCUT2D eigenvalue weighted by molar-refractivity contribution is 9.10. The zero-order valence-electron chi connectivity index (χ0n) is 27.9. The summed E-state index contributed by atoms with van der Waals surface area (Å²) >= 11 is 3.66. The van der Waals surface area contributed by atoms with E-state index in [1.807, 2.05) is 84.9 Å². The minimum Gasteiger partial charge on any atom is -0.494 e. The van der Waals surface area contributed by atoms with Gasteiger partial charge in [0.2, 0.25) is 5.90 Å². The van der Waals surface area contributed by atoms with Gasteiger partial charge in [0, 0.05) is 47.5 Å². The number of carbonyl (C=O) groups is 1. The molecule has 5 aromatic carbocycles. The lowest BCUT2D eigenvalue weighted by atomic mass is 9.84. The molecular weight excluding hydrogens is 728 g/mol. The molecule has 262 valence electrons. The fraction of sp³-hybridized carbons (Fsp3) is 0.220. The molecule has 2 atom stereocenters. The summed E-state index contributed by atoms with van der Waals surface area (Å²) in [5, 5.41) is 12.3. The van der Waals surface area contributed by atoms with Crippen molar-refractivity contribution in [3.8, 4) is 5.75 Å². The topological polar surface area (TPSA) is 114 Å². The van der Waals surface area contributed by atoms with E-state index in [-0.39, 0.29) is 42.0 Å². The molecule has 1 amide bonds. The average molecular weight is 768 g/mol. The van der Waals surface area contributed by atoms with Crippen LogP contribution in [-0.4, -0.2) is 56.4 Å². The monoisotopic (exact) mass is 766 g/mol. The molecule has 51 heavy (non-hydrogen) atoms. The summed E-state index contributed by atoms with van der Waals surface area (Å²) in [6.45, 7) is 0.637. The van der Waals surface area contributed by atoms with Crippen LogP contribution in [0.5, 0.6) is 5.75 Å². The van der Waals surface area contributed by atoms with E-state index >= 15 is 0 Å². The fourth-order valence-electron chi connectivity index (χ4n) is 6.22. The number of rotatable bonds is 15. The maximum absolute atomic E-state index is 14.9. The summed E-state index contributed by atoms with van der Waals surface area (Å²) in [4.78, 5) is 20.1. The number of benzene rings is 5. The van der Waals surface area contributed by atoms with Gasteiger partial charge in [0.1, 0.15) is 5.75 Å². The van der Waals surface area contributed by atoms with Crippen molar-refractivity contribution in [3.05, 3.63) is 166 Å². The van der Waals surface area contributed by atoms with Gasteiger partial charge in [-0.15, -0.1) is 0 Å². The molecule has 8 nitrogen and oxygen atoms in total. The third-order valence-electron chi connectivity index (χ3n) is 8.94. The molecule has 0 saturated heterocycles. The zero-order chi connectivity index (χ0) is 35.7. The first-order chi connectivity index (χ1) is 24.8. The Labute approximate surface area is 307 Å². The number of carbonyl (C=O) groups excluding carboxylic acids is 1. The van der Waals surface area contributed by atoms with Crippen LogP contribution >= 0.6 is 15.9 Å². The Morgan fingerprint density at radius 2 is 1.43 bits per heavy atom. The first-order valence-electron chi connectivity index (χ1n) is 16.8. The molecule has 10 heteroatoms. The molecule has 1 aliphatic rings. The number of nitrogens with zero attached hydrogens (tertiary/aromatic N) is 1. The summed E-state index contributed by atoms with van der Waals surface area (Å²) in [6.07, 6.45) is -0.597. The van der Waals surface area contributed by atoms with Crippen LogP contribution in [-0.2, 0) is 19.4 Å². The Balaban J connectivity index is 1.41. The first kappa shape index (κ1) is 36.0. The van der Waals surface area contributed by atoms with E-state index in [1.165, 1.54) is 0 Å². The number of amides is 1. The molecule has 6 rings (SSSR count). The third-order valence-corrected chi connectivity index (χ3v) is 11.4. The summed E-state index contributed by atoms with van der Waals surface area (Å²) < 4.78 is 40.5. The number of halogens is 1. The number of aliphatic imine (C=N–C) groups is 1. The number of aliphatic hydroxyl groups excluding tert-OH is 1. The number of aliphatic hydroxyl groups is 1. The second kappa shape index (κ2) is 16.5. The fourth-order valence-corrected chi connectivity index (χ4v) is 8.10. The molecule has 5 aromatic rings. The Hall–Kier alpha value is -4.77. The van der Waals surface area contributed by atoms with E-state index in [2.05, 4.69) is 21.2 Å². The van der Waals surface area contributed by atoms with Crippen LogP contribution in [0.3, 0.4) is 0 Å². The van der Waals surface area contributed by atoms with Crippen LogP contribution in [0.2, 0.25) is 0 Å². The van der Waals surface area contributed by atoms with Gasteiger partial charge >= 0.3 is 0 Å². The third kappa shape index (κ3) is 8.41. The van der Waals surface area contributed by atoms with E-state index < -0.39 is 27.4 Å². The second-order valence-corrected chi connectivity index (χ2v) is 15.2. The van der Waals surface area contributed by atoms with Crippen LogP contribution in [0.4, 0.5) is 0 Å². The molecule has 1 heterocycles. The molecule has 0 saturated carbocycles. The minimum atomic E-state index is -3.80. The number of hydrogen-bond acceptors (Lipinski definition) is 7. The Kier molecular flexibility index (Phi) is 11.7. The van der Waals surface area contributed by atoms with Gasteiger partial charge in [-0.25, -0.2) is 13.4 Å². The predicted molar refractivity (Wildman–Crippen MR) is 202 cm³/mol. The Morgan fingerprint density at radius 3 is 2.04 bits per heavy atom. The van der Waals surface area contributed by atoms with Crippen LogP contribution in [0.15, 0.2) is 154 Å². The van der Waals surface area contributed by atoms with Crippen molar-refractivity contribution >= 4 is 37.6 Å². The summed E-state index contributed by atoms with van der Waals surface area (Å²) in [5.74, 6) is -0.134. The highest BCUT2D eigenvalue weighted by Crippen LogP contribution is 2.45. The minimum absolute atomic E-state index is 0.0285. The van der Waals surface area contributed by atoms with E-state index in [1.54, 1.807) is 54.6 Å². The standard InChI is InChI=1S/C41H39BrN2O6S/c42-37-20-11-10-19-35(37)38-41(25-28-51(47,48)34-17-8-3-9-18-34,44-39(50-38)32-21-23-33(24-22-32)49-27-12-26-45)40(46)43-29-36(30-13-4-1-5-14-30)31-15-6-2-7-16-31/h1-11,13-24,36,38,45H,12,25-29H2,(H,43,46)/t38-,41-/m1/s1. The van der Waals surface area contributed by atoms with Crippen molar-refractivity contribution in [1.29, 1.82) is 0 Å². The molecule has 0 aromatic heterocycles. The van der Waals surface area contributed by atoms with E-state index in [9.17, 15) is 13.2 Å². The van der Waals surface area contributed by atoms with Crippen molar-refractivity contribution in [2.75, 3.05) is 25.5 Å².